The largest absolute Gasteiger partial charge is 0.481 e. The number of carboxylic acid groups (broad SMARTS) is 1. The van der Waals surface area contributed by atoms with Crippen LogP contribution in [0.3, 0.4) is 0 Å². The van der Waals surface area contributed by atoms with Crippen LogP contribution in [0.1, 0.15) is 29.9 Å². The molecule has 0 aliphatic rings. The monoisotopic (exact) mass is 419 g/mol. The Balaban J connectivity index is 1.64. The third-order valence-corrected chi connectivity index (χ3v) is 4.40. The summed E-state index contributed by atoms with van der Waals surface area (Å²) < 4.78 is 9.62. The summed E-state index contributed by atoms with van der Waals surface area (Å²) >= 11 is 5.81. The Labute approximate surface area is 173 Å². The predicted octanol–water partition coefficient (Wildman–Crippen LogP) is 3.76. The van der Waals surface area contributed by atoms with E-state index in [9.17, 15) is 19.5 Å². The Morgan fingerprint density at radius 2 is 1.69 bits per heavy atom. The van der Waals surface area contributed by atoms with Gasteiger partial charge in [-0.15, -0.1) is 0 Å². The molecule has 0 aromatic heterocycles. The van der Waals surface area contributed by atoms with Gasteiger partial charge in [0.1, 0.15) is 0 Å². The van der Waals surface area contributed by atoms with E-state index in [1.54, 1.807) is 24.3 Å². The number of aryl methyl sites for hydroxylation is 1. The number of ether oxygens (including phenoxy) is 2. The molecule has 154 valence electrons. The maximum atomic E-state index is 11.6. The lowest BCUT2D eigenvalue weighted by Crippen LogP contribution is -2.28. The summed E-state index contributed by atoms with van der Waals surface area (Å²) in [6, 6.07) is 16.0. The highest BCUT2D eigenvalue weighted by Crippen LogP contribution is 2.21. The normalized spacial score (nSPS) is 11.3. The average Bonchev–Trinajstić information content (AvgIpc) is 2.71. The topological polar surface area (TPSA) is 102 Å². The molecule has 0 fully saturated rings. The van der Waals surface area contributed by atoms with Gasteiger partial charge < -0.3 is 19.9 Å². The van der Waals surface area contributed by atoms with Crippen molar-refractivity contribution < 1.29 is 29.0 Å². The molecule has 1 amide bonds. The van der Waals surface area contributed by atoms with Gasteiger partial charge in [0.2, 0.25) is 6.79 Å². The zero-order valence-corrected chi connectivity index (χ0v) is 16.4. The van der Waals surface area contributed by atoms with Crippen molar-refractivity contribution in [1.82, 2.24) is 5.32 Å². The minimum absolute atomic E-state index is 0.0837. The predicted molar refractivity (Wildman–Crippen MR) is 107 cm³/mol. The highest BCUT2D eigenvalue weighted by atomic mass is 35.5. The zero-order chi connectivity index (χ0) is 21.1. The van der Waals surface area contributed by atoms with E-state index in [1.807, 2.05) is 30.3 Å². The summed E-state index contributed by atoms with van der Waals surface area (Å²) in [5, 5.41) is 12.3. The third kappa shape index (κ3) is 8.23. The fourth-order valence-electron chi connectivity index (χ4n) is 2.61. The second-order valence-electron chi connectivity index (χ2n) is 6.21. The summed E-state index contributed by atoms with van der Waals surface area (Å²) in [6.45, 7) is -0.417. The Morgan fingerprint density at radius 3 is 2.34 bits per heavy atom. The minimum Gasteiger partial charge on any atom is -0.481 e. The lowest BCUT2D eigenvalue weighted by atomic mass is 9.96. The molecule has 2 N–H and O–H groups in total. The molecule has 2 aromatic carbocycles. The Hall–Kier alpha value is -3.06. The quantitative estimate of drug-likeness (QED) is 0.449. The van der Waals surface area contributed by atoms with E-state index in [2.05, 4.69) is 5.32 Å². The molecule has 8 heteroatoms. The summed E-state index contributed by atoms with van der Waals surface area (Å²) in [5.74, 6) is -2.27. The maximum Gasteiger partial charge on any atom is 0.410 e. The van der Waals surface area contributed by atoms with Crippen LogP contribution in [-0.2, 0) is 25.5 Å². The second-order valence-corrected chi connectivity index (χ2v) is 6.65. The number of hydrogen-bond donors (Lipinski definition) is 2. The highest BCUT2D eigenvalue weighted by molar-refractivity contribution is 6.30. The lowest BCUT2D eigenvalue weighted by Gasteiger charge is -2.13. The van der Waals surface area contributed by atoms with Gasteiger partial charge in [-0.05, 0) is 36.1 Å². The minimum atomic E-state index is -1.00. The van der Waals surface area contributed by atoms with Crippen molar-refractivity contribution in [2.24, 2.45) is 0 Å². The number of nitrogens with one attached hydrogen (secondary N) is 1. The molecule has 0 saturated heterocycles. The number of halogens is 1. The van der Waals surface area contributed by atoms with Gasteiger partial charge in [0.25, 0.3) is 0 Å². The van der Waals surface area contributed by atoms with Crippen LogP contribution >= 0.6 is 11.6 Å². The molecular formula is C21H22ClNO6. The highest BCUT2D eigenvalue weighted by Gasteiger charge is 2.20. The summed E-state index contributed by atoms with van der Waals surface area (Å²) in [6.07, 6.45) is 0.0908. The van der Waals surface area contributed by atoms with Crippen molar-refractivity contribution in [3.05, 3.63) is 70.7 Å². The van der Waals surface area contributed by atoms with E-state index in [0.717, 1.165) is 5.56 Å². The van der Waals surface area contributed by atoms with Crippen molar-refractivity contribution in [1.29, 1.82) is 0 Å². The Kier molecular flexibility index (Phi) is 8.98. The molecule has 1 atom stereocenters. The van der Waals surface area contributed by atoms with Gasteiger partial charge in [-0.25, -0.2) is 4.79 Å². The van der Waals surface area contributed by atoms with Crippen molar-refractivity contribution in [2.45, 2.75) is 25.2 Å². The van der Waals surface area contributed by atoms with E-state index in [4.69, 9.17) is 21.1 Å². The van der Waals surface area contributed by atoms with E-state index in [1.165, 1.54) is 0 Å². The molecule has 0 bridgehead atoms. The van der Waals surface area contributed by atoms with Gasteiger partial charge >= 0.3 is 18.0 Å². The molecule has 1 unspecified atom stereocenters. The zero-order valence-electron chi connectivity index (χ0n) is 15.7. The third-order valence-electron chi connectivity index (χ3n) is 4.14. The summed E-state index contributed by atoms with van der Waals surface area (Å²) in [7, 11) is 0. The van der Waals surface area contributed by atoms with E-state index >= 15 is 0 Å². The van der Waals surface area contributed by atoms with Crippen LogP contribution in [0.4, 0.5) is 4.79 Å². The SMILES string of the molecule is O=C(CCc1ccccc1)OCOC(=O)NCCC(C(=O)O)c1ccc(Cl)cc1. The van der Waals surface area contributed by atoms with E-state index in [0.29, 0.717) is 17.0 Å². The first-order valence-corrected chi connectivity index (χ1v) is 9.42. The number of hydrogen-bond acceptors (Lipinski definition) is 5. The molecule has 7 nitrogen and oxygen atoms in total. The van der Waals surface area contributed by atoms with Gasteiger partial charge in [-0.1, -0.05) is 54.1 Å². The van der Waals surface area contributed by atoms with Crippen LogP contribution in [0.2, 0.25) is 5.02 Å². The first-order valence-electron chi connectivity index (χ1n) is 9.04. The van der Waals surface area contributed by atoms with Gasteiger partial charge in [0, 0.05) is 18.0 Å². The van der Waals surface area contributed by atoms with Crippen LogP contribution in [0.5, 0.6) is 0 Å². The number of esters is 1. The van der Waals surface area contributed by atoms with Crippen LogP contribution < -0.4 is 5.32 Å². The molecule has 0 saturated carbocycles. The smallest absolute Gasteiger partial charge is 0.410 e. The van der Waals surface area contributed by atoms with Gasteiger partial charge in [-0.3, -0.25) is 9.59 Å². The lowest BCUT2D eigenvalue weighted by molar-refractivity contribution is -0.151. The van der Waals surface area contributed by atoms with Crippen LogP contribution in [0.25, 0.3) is 0 Å². The van der Waals surface area contributed by atoms with Crippen molar-refractivity contribution in [3.8, 4) is 0 Å². The number of benzene rings is 2. The number of carboxylic acids is 1. The van der Waals surface area contributed by atoms with Gasteiger partial charge in [0.15, 0.2) is 0 Å². The van der Waals surface area contributed by atoms with Crippen LogP contribution in [0.15, 0.2) is 54.6 Å². The summed E-state index contributed by atoms with van der Waals surface area (Å²) in [5.41, 5.74) is 1.60. The fourth-order valence-corrected chi connectivity index (χ4v) is 2.74. The molecule has 0 aliphatic heterocycles. The number of carbonyl (C=O) groups is 3. The van der Waals surface area contributed by atoms with Gasteiger partial charge in [0.05, 0.1) is 5.92 Å². The van der Waals surface area contributed by atoms with Gasteiger partial charge in [-0.2, -0.15) is 0 Å². The average molecular weight is 420 g/mol. The molecule has 0 aliphatic carbocycles. The van der Waals surface area contributed by atoms with Crippen molar-refractivity contribution >= 4 is 29.6 Å². The maximum absolute atomic E-state index is 11.6. The van der Waals surface area contributed by atoms with E-state index in [-0.39, 0.29) is 19.4 Å². The number of rotatable bonds is 10. The van der Waals surface area contributed by atoms with Crippen LogP contribution in [0, 0.1) is 0 Å². The first-order chi connectivity index (χ1) is 14.0. The molecule has 29 heavy (non-hydrogen) atoms. The number of alkyl carbamates (subject to hydrolysis) is 1. The number of aliphatic carboxylic acids is 1. The second kappa shape index (κ2) is 11.7. The van der Waals surface area contributed by atoms with Crippen molar-refractivity contribution in [3.63, 3.8) is 0 Å². The molecule has 2 aromatic rings. The molecule has 2 rings (SSSR count). The Bertz CT molecular complexity index is 810. The number of carbonyl (C=O) groups excluding carboxylic acids is 2. The molecule has 0 heterocycles. The standard InChI is InChI=1S/C21H22ClNO6/c22-17-9-7-16(8-10-17)18(20(25)26)12-13-23-21(27)29-14-28-19(24)11-6-15-4-2-1-3-5-15/h1-5,7-10,18H,6,11-14H2,(H,23,27)(H,25,26). The molecular weight excluding hydrogens is 398 g/mol. The Morgan fingerprint density at radius 1 is 1.00 bits per heavy atom. The van der Waals surface area contributed by atoms with Crippen molar-refractivity contribution in [2.75, 3.05) is 13.3 Å². The first kappa shape index (κ1) is 22.2. The summed E-state index contributed by atoms with van der Waals surface area (Å²) in [4.78, 5) is 34.7. The number of amides is 1. The molecule has 0 radical (unpaired) electrons. The van der Waals surface area contributed by atoms with E-state index < -0.39 is 30.7 Å². The fraction of sp³-hybridized carbons (Fsp3) is 0.286. The molecule has 0 spiro atoms. The van der Waals surface area contributed by atoms with Crippen LogP contribution in [-0.4, -0.2) is 36.5 Å².